The topological polar surface area (TPSA) is 67.9 Å². The summed E-state index contributed by atoms with van der Waals surface area (Å²) >= 11 is 0. The van der Waals surface area contributed by atoms with E-state index in [2.05, 4.69) is 5.32 Å². The van der Waals surface area contributed by atoms with Crippen molar-refractivity contribution >= 4 is 12.0 Å². The van der Waals surface area contributed by atoms with Crippen molar-refractivity contribution in [2.45, 2.75) is 51.8 Å². The monoisotopic (exact) mass is 432 g/mol. The molecule has 0 aliphatic carbocycles. The molecular weight excluding hydrogens is 406 g/mol. The number of amides is 2. The number of halogens is 2. The Bertz CT molecular complexity index is 945. The molecule has 2 aromatic rings. The van der Waals surface area contributed by atoms with Gasteiger partial charge in [0.1, 0.15) is 23.2 Å². The zero-order valence-electron chi connectivity index (χ0n) is 17.8. The molecule has 1 atom stereocenters. The third-order valence-corrected chi connectivity index (χ3v) is 4.71. The van der Waals surface area contributed by atoms with Crippen molar-refractivity contribution in [1.29, 1.82) is 0 Å². The molecule has 6 nitrogen and oxygen atoms in total. The van der Waals surface area contributed by atoms with Gasteiger partial charge in [0.25, 0.3) is 0 Å². The predicted octanol–water partition coefficient (Wildman–Crippen LogP) is 4.77. The summed E-state index contributed by atoms with van der Waals surface area (Å²) in [5.74, 6) is -1.75. The van der Waals surface area contributed by atoms with Gasteiger partial charge in [-0.25, -0.2) is 13.6 Å². The number of carbonyl (C=O) groups excluding carboxylic acids is 2. The quantitative estimate of drug-likeness (QED) is 0.739. The van der Waals surface area contributed by atoms with Crippen LogP contribution < -0.4 is 10.1 Å². The fraction of sp³-hybridized carbons (Fsp3) is 0.391. The molecule has 1 saturated heterocycles. The van der Waals surface area contributed by atoms with Gasteiger partial charge in [0.2, 0.25) is 5.91 Å². The molecule has 0 saturated carbocycles. The highest BCUT2D eigenvalue weighted by atomic mass is 19.1. The number of hydrogen-bond donors (Lipinski definition) is 1. The Kier molecular flexibility index (Phi) is 6.77. The molecule has 1 heterocycles. The summed E-state index contributed by atoms with van der Waals surface area (Å²) in [7, 11) is 0. The largest absolute Gasteiger partial charge is 0.454 e. The van der Waals surface area contributed by atoms with E-state index in [-0.39, 0.29) is 17.9 Å². The number of benzene rings is 2. The van der Waals surface area contributed by atoms with Crippen LogP contribution in [0.5, 0.6) is 11.5 Å². The van der Waals surface area contributed by atoms with Gasteiger partial charge in [-0.3, -0.25) is 9.69 Å². The van der Waals surface area contributed by atoms with Gasteiger partial charge < -0.3 is 14.8 Å². The summed E-state index contributed by atoms with van der Waals surface area (Å²) in [5, 5.41) is 2.59. The highest BCUT2D eigenvalue weighted by Crippen LogP contribution is 2.27. The summed E-state index contributed by atoms with van der Waals surface area (Å²) < 4.78 is 39.6. The van der Waals surface area contributed by atoms with Crippen LogP contribution in [0.4, 0.5) is 13.6 Å². The minimum Gasteiger partial charge on any atom is -0.454 e. The van der Waals surface area contributed by atoms with Crippen LogP contribution >= 0.6 is 0 Å². The third kappa shape index (κ3) is 5.93. The maximum Gasteiger partial charge on any atom is 0.410 e. The molecule has 0 bridgehead atoms. The van der Waals surface area contributed by atoms with E-state index in [1.54, 1.807) is 51.1 Å². The van der Waals surface area contributed by atoms with Gasteiger partial charge in [-0.2, -0.15) is 0 Å². The molecule has 1 unspecified atom stereocenters. The lowest BCUT2D eigenvalue weighted by Gasteiger charge is -2.28. The fourth-order valence-electron chi connectivity index (χ4n) is 3.28. The lowest BCUT2D eigenvalue weighted by Crippen LogP contribution is -2.47. The predicted molar refractivity (Wildman–Crippen MR) is 111 cm³/mol. The number of carbonyl (C=O) groups is 2. The van der Waals surface area contributed by atoms with Crippen molar-refractivity contribution < 1.29 is 27.8 Å². The fourth-order valence-corrected chi connectivity index (χ4v) is 3.28. The van der Waals surface area contributed by atoms with Gasteiger partial charge in [0.15, 0.2) is 11.6 Å². The molecule has 3 rings (SSSR count). The molecule has 8 heteroatoms. The number of ether oxygens (including phenoxy) is 2. The average molecular weight is 432 g/mol. The summed E-state index contributed by atoms with van der Waals surface area (Å²) in [6.45, 7) is 5.43. The first-order chi connectivity index (χ1) is 14.6. The van der Waals surface area contributed by atoms with Crippen LogP contribution in [0.25, 0.3) is 0 Å². The molecule has 2 aromatic carbocycles. The first-order valence-electron chi connectivity index (χ1n) is 10.1. The van der Waals surface area contributed by atoms with Crippen molar-refractivity contribution in [2.75, 3.05) is 6.54 Å². The van der Waals surface area contributed by atoms with E-state index in [0.29, 0.717) is 25.1 Å². The van der Waals surface area contributed by atoms with Gasteiger partial charge in [-0.1, -0.05) is 18.2 Å². The maximum atomic E-state index is 14.5. The van der Waals surface area contributed by atoms with Crippen LogP contribution in [0.1, 0.15) is 39.2 Å². The number of hydrogen-bond acceptors (Lipinski definition) is 4. The van der Waals surface area contributed by atoms with Crippen molar-refractivity contribution in [2.24, 2.45) is 0 Å². The second kappa shape index (κ2) is 9.32. The Morgan fingerprint density at radius 3 is 2.52 bits per heavy atom. The van der Waals surface area contributed by atoms with Crippen LogP contribution in [-0.2, 0) is 16.1 Å². The Morgan fingerprint density at radius 2 is 1.84 bits per heavy atom. The van der Waals surface area contributed by atoms with Crippen LogP contribution in [0.3, 0.4) is 0 Å². The molecule has 1 aliphatic heterocycles. The molecule has 1 fully saturated rings. The van der Waals surface area contributed by atoms with Crippen molar-refractivity contribution in [3.05, 3.63) is 59.7 Å². The summed E-state index contributed by atoms with van der Waals surface area (Å²) in [4.78, 5) is 26.3. The Hall–Kier alpha value is -3.16. The van der Waals surface area contributed by atoms with E-state index in [0.717, 1.165) is 12.1 Å². The number of likely N-dealkylation sites (tertiary alicyclic amines) is 1. The van der Waals surface area contributed by atoms with Crippen LogP contribution in [0.2, 0.25) is 0 Å². The van der Waals surface area contributed by atoms with E-state index in [1.807, 2.05) is 0 Å². The van der Waals surface area contributed by atoms with Gasteiger partial charge in [-0.05, 0) is 51.8 Å². The molecule has 166 valence electrons. The molecular formula is C23H26F2N2O4. The molecule has 2 amide bonds. The van der Waals surface area contributed by atoms with Gasteiger partial charge in [0.05, 0.1) is 0 Å². The van der Waals surface area contributed by atoms with Crippen LogP contribution in [-0.4, -0.2) is 35.1 Å². The maximum absolute atomic E-state index is 14.5. The Morgan fingerprint density at radius 1 is 1.13 bits per heavy atom. The van der Waals surface area contributed by atoms with Crippen LogP contribution in [0.15, 0.2) is 42.5 Å². The van der Waals surface area contributed by atoms with Gasteiger partial charge in [-0.15, -0.1) is 0 Å². The lowest BCUT2D eigenvalue weighted by molar-refractivity contribution is -0.125. The summed E-state index contributed by atoms with van der Waals surface area (Å²) in [6.07, 6.45) is 0.572. The minimum atomic E-state index is -0.745. The summed E-state index contributed by atoms with van der Waals surface area (Å²) in [5.41, 5.74) is -0.696. The van der Waals surface area contributed by atoms with Crippen molar-refractivity contribution in [3.63, 3.8) is 0 Å². The Balaban J connectivity index is 1.63. The van der Waals surface area contributed by atoms with Crippen molar-refractivity contribution in [3.8, 4) is 11.5 Å². The lowest BCUT2D eigenvalue weighted by atomic mass is 10.1. The first kappa shape index (κ1) is 22.5. The zero-order chi connectivity index (χ0) is 22.6. The standard InChI is InChI=1S/C23H26F2N2O4/c1-23(2,3)31-22(29)27-11-7-10-19(27)21(28)26-14-15-12-18(25)20(13-17(15)24)30-16-8-5-4-6-9-16/h4-6,8-9,12-13,19H,7,10-11,14H2,1-3H3,(H,26,28). The van der Waals surface area contributed by atoms with E-state index < -0.39 is 35.3 Å². The average Bonchev–Trinajstić information content (AvgIpc) is 3.19. The second-order valence-electron chi connectivity index (χ2n) is 8.34. The Labute approximate surface area is 180 Å². The molecule has 0 aromatic heterocycles. The highest BCUT2D eigenvalue weighted by molar-refractivity contribution is 5.86. The van der Waals surface area contributed by atoms with Crippen molar-refractivity contribution in [1.82, 2.24) is 10.2 Å². The van der Waals surface area contributed by atoms with E-state index in [9.17, 15) is 18.4 Å². The first-order valence-corrected chi connectivity index (χ1v) is 10.1. The van der Waals surface area contributed by atoms with Crippen LogP contribution in [0, 0.1) is 11.6 Å². The van der Waals surface area contributed by atoms with E-state index in [4.69, 9.17) is 9.47 Å². The molecule has 0 spiro atoms. The molecule has 1 N–H and O–H groups in total. The normalized spacial score (nSPS) is 16.2. The number of rotatable bonds is 5. The molecule has 31 heavy (non-hydrogen) atoms. The zero-order valence-corrected chi connectivity index (χ0v) is 17.8. The summed E-state index contributed by atoms with van der Waals surface area (Å²) in [6, 6.07) is 9.72. The molecule has 0 radical (unpaired) electrons. The van der Waals surface area contributed by atoms with E-state index >= 15 is 0 Å². The molecule has 1 aliphatic rings. The number of para-hydroxylation sites is 1. The minimum absolute atomic E-state index is 0.0203. The second-order valence-corrected chi connectivity index (χ2v) is 8.34. The third-order valence-electron chi connectivity index (χ3n) is 4.71. The van der Waals surface area contributed by atoms with Gasteiger partial charge >= 0.3 is 6.09 Å². The SMILES string of the molecule is CC(C)(C)OC(=O)N1CCCC1C(=O)NCc1cc(F)c(Oc2ccccc2)cc1F. The number of nitrogens with one attached hydrogen (secondary N) is 1. The van der Waals surface area contributed by atoms with Gasteiger partial charge in [0, 0.05) is 24.7 Å². The highest BCUT2D eigenvalue weighted by Gasteiger charge is 2.36. The number of nitrogens with zero attached hydrogens (tertiary/aromatic N) is 1. The smallest absolute Gasteiger partial charge is 0.410 e. The van der Waals surface area contributed by atoms with E-state index in [1.165, 1.54) is 4.90 Å².